The van der Waals surface area contributed by atoms with Gasteiger partial charge in [0, 0.05) is 25.5 Å². The van der Waals surface area contributed by atoms with Crippen LogP contribution in [0.1, 0.15) is 17.9 Å². The molecule has 0 aliphatic rings. The second-order valence-corrected chi connectivity index (χ2v) is 4.00. The van der Waals surface area contributed by atoms with E-state index >= 15 is 0 Å². The molecule has 2 aromatic rings. The zero-order valence-corrected chi connectivity index (χ0v) is 10.4. The average molecular weight is 245 g/mol. The summed E-state index contributed by atoms with van der Waals surface area (Å²) in [6, 6.07) is 7.84. The Morgan fingerprint density at radius 1 is 1.39 bits per heavy atom. The number of carbonyl (C=O) groups excluding carboxylic acids is 1. The Morgan fingerprint density at radius 3 is 2.89 bits per heavy atom. The maximum absolute atomic E-state index is 11.1. The lowest BCUT2D eigenvalue weighted by Gasteiger charge is -1.98. The van der Waals surface area contributed by atoms with Crippen molar-refractivity contribution < 1.29 is 9.32 Å². The fraction of sp³-hybridized carbons (Fsp3) is 0.308. The topological polar surface area (TPSA) is 68.0 Å². The molecule has 5 heteroatoms. The van der Waals surface area contributed by atoms with E-state index in [1.165, 1.54) is 0 Å². The molecule has 18 heavy (non-hydrogen) atoms. The average Bonchev–Trinajstić information content (AvgIpc) is 2.85. The predicted molar refractivity (Wildman–Crippen MR) is 66.9 cm³/mol. The summed E-state index contributed by atoms with van der Waals surface area (Å²) in [4.78, 5) is 15.4. The van der Waals surface area contributed by atoms with Crippen LogP contribution in [0.25, 0.3) is 11.4 Å². The van der Waals surface area contributed by atoms with E-state index in [1.54, 1.807) is 7.05 Å². The Kier molecular flexibility index (Phi) is 3.72. The van der Waals surface area contributed by atoms with Gasteiger partial charge in [-0.2, -0.15) is 4.98 Å². The molecule has 1 aromatic carbocycles. The van der Waals surface area contributed by atoms with Crippen LogP contribution in [0.4, 0.5) is 0 Å². The van der Waals surface area contributed by atoms with Crippen LogP contribution < -0.4 is 5.32 Å². The molecule has 5 nitrogen and oxygen atoms in total. The van der Waals surface area contributed by atoms with E-state index in [0.29, 0.717) is 24.6 Å². The Morgan fingerprint density at radius 2 is 2.17 bits per heavy atom. The molecule has 2 rings (SSSR count). The van der Waals surface area contributed by atoms with Gasteiger partial charge in [-0.15, -0.1) is 0 Å². The first kappa shape index (κ1) is 12.3. The molecule has 0 radical (unpaired) electrons. The Balaban J connectivity index is 2.11. The summed E-state index contributed by atoms with van der Waals surface area (Å²) in [5.74, 6) is 1.02. The van der Waals surface area contributed by atoms with Gasteiger partial charge in [0.1, 0.15) is 0 Å². The van der Waals surface area contributed by atoms with E-state index in [2.05, 4.69) is 15.5 Å². The van der Waals surface area contributed by atoms with Crippen molar-refractivity contribution in [1.29, 1.82) is 0 Å². The molecule has 0 bridgehead atoms. The number of rotatable bonds is 4. The van der Waals surface area contributed by atoms with E-state index in [0.717, 1.165) is 11.1 Å². The first-order valence-electron chi connectivity index (χ1n) is 5.80. The highest BCUT2D eigenvalue weighted by Gasteiger charge is 2.11. The first-order chi connectivity index (χ1) is 8.70. The molecule has 1 aromatic heterocycles. The van der Waals surface area contributed by atoms with Crippen LogP contribution >= 0.6 is 0 Å². The van der Waals surface area contributed by atoms with Crippen molar-refractivity contribution in [1.82, 2.24) is 15.5 Å². The maximum Gasteiger partial charge on any atom is 0.227 e. The smallest absolute Gasteiger partial charge is 0.227 e. The number of nitrogens with zero attached hydrogens (tertiary/aromatic N) is 2. The van der Waals surface area contributed by atoms with E-state index in [-0.39, 0.29) is 5.91 Å². The van der Waals surface area contributed by atoms with Crippen molar-refractivity contribution in [3.63, 3.8) is 0 Å². The number of hydrogen-bond donors (Lipinski definition) is 1. The number of benzene rings is 1. The zero-order valence-electron chi connectivity index (χ0n) is 10.4. The van der Waals surface area contributed by atoms with Crippen molar-refractivity contribution in [3.05, 3.63) is 35.7 Å². The lowest BCUT2D eigenvalue weighted by molar-refractivity contribution is -0.120. The van der Waals surface area contributed by atoms with Gasteiger partial charge < -0.3 is 9.84 Å². The molecule has 0 aliphatic carbocycles. The molecule has 94 valence electrons. The summed E-state index contributed by atoms with van der Waals surface area (Å²) in [6.07, 6.45) is 0.810. The second kappa shape index (κ2) is 5.44. The van der Waals surface area contributed by atoms with E-state index < -0.39 is 0 Å². The van der Waals surface area contributed by atoms with Crippen molar-refractivity contribution >= 4 is 5.91 Å². The minimum atomic E-state index is -0.0364. The van der Waals surface area contributed by atoms with Crippen molar-refractivity contribution in [3.8, 4) is 11.4 Å². The van der Waals surface area contributed by atoms with Crippen LogP contribution in [0.2, 0.25) is 0 Å². The van der Waals surface area contributed by atoms with Gasteiger partial charge in [-0.3, -0.25) is 4.79 Å². The summed E-state index contributed by atoms with van der Waals surface area (Å²) in [5.41, 5.74) is 2.04. The molecule has 0 aliphatic heterocycles. The number of aromatic nitrogens is 2. The number of aryl methyl sites for hydroxylation is 2. The lowest BCUT2D eigenvalue weighted by Crippen LogP contribution is -2.17. The summed E-state index contributed by atoms with van der Waals surface area (Å²) in [5, 5.41) is 6.49. The highest BCUT2D eigenvalue weighted by atomic mass is 16.5. The maximum atomic E-state index is 11.1. The highest BCUT2D eigenvalue weighted by molar-refractivity contribution is 5.75. The quantitative estimate of drug-likeness (QED) is 0.890. The van der Waals surface area contributed by atoms with E-state index in [9.17, 15) is 4.79 Å². The molecule has 1 heterocycles. The molecule has 0 fully saturated rings. The normalized spacial score (nSPS) is 10.3. The number of amides is 1. The molecule has 0 atom stereocenters. The largest absolute Gasteiger partial charge is 0.359 e. The summed E-state index contributed by atoms with van der Waals surface area (Å²) < 4.78 is 5.13. The third-order valence-electron chi connectivity index (χ3n) is 2.70. The van der Waals surface area contributed by atoms with Crippen molar-refractivity contribution in [2.75, 3.05) is 7.05 Å². The number of hydrogen-bond acceptors (Lipinski definition) is 4. The fourth-order valence-electron chi connectivity index (χ4n) is 1.64. The molecule has 1 amide bonds. The standard InChI is InChI=1S/C13H15N3O2/c1-9-5-3-4-6-10(9)13-15-12(18-16-13)8-7-11(17)14-2/h3-6H,7-8H2,1-2H3,(H,14,17). The van der Waals surface area contributed by atoms with Crippen LogP contribution in [0.15, 0.2) is 28.8 Å². The van der Waals surface area contributed by atoms with Gasteiger partial charge in [-0.05, 0) is 12.5 Å². The molecule has 0 saturated carbocycles. The van der Waals surface area contributed by atoms with Gasteiger partial charge in [0.2, 0.25) is 17.6 Å². The minimum Gasteiger partial charge on any atom is -0.359 e. The van der Waals surface area contributed by atoms with Crippen LogP contribution in [0.3, 0.4) is 0 Å². The van der Waals surface area contributed by atoms with Gasteiger partial charge in [0.25, 0.3) is 0 Å². The lowest BCUT2D eigenvalue weighted by atomic mass is 10.1. The monoisotopic (exact) mass is 245 g/mol. The Labute approximate surface area is 105 Å². The second-order valence-electron chi connectivity index (χ2n) is 4.00. The van der Waals surface area contributed by atoms with E-state index in [4.69, 9.17) is 4.52 Å². The fourth-order valence-corrected chi connectivity index (χ4v) is 1.64. The highest BCUT2D eigenvalue weighted by Crippen LogP contribution is 2.19. The van der Waals surface area contributed by atoms with Crippen molar-refractivity contribution in [2.45, 2.75) is 19.8 Å². The molecule has 0 unspecified atom stereocenters. The number of nitrogens with one attached hydrogen (secondary N) is 1. The first-order valence-corrected chi connectivity index (χ1v) is 5.80. The Bertz CT molecular complexity index is 549. The van der Waals surface area contributed by atoms with Gasteiger partial charge in [-0.1, -0.05) is 29.4 Å². The minimum absolute atomic E-state index is 0.0364. The summed E-state index contributed by atoms with van der Waals surface area (Å²) in [7, 11) is 1.61. The third kappa shape index (κ3) is 2.74. The van der Waals surface area contributed by atoms with Gasteiger partial charge in [-0.25, -0.2) is 0 Å². The molecular weight excluding hydrogens is 230 g/mol. The van der Waals surface area contributed by atoms with Crippen molar-refractivity contribution in [2.24, 2.45) is 0 Å². The van der Waals surface area contributed by atoms with Gasteiger partial charge in [0.15, 0.2) is 0 Å². The molecule has 0 spiro atoms. The molecular formula is C13H15N3O2. The Hall–Kier alpha value is -2.17. The van der Waals surface area contributed by atoms with Crippen LogP contribution in [-0.2, 0) is 11.2 Å². The van der Waals surface area contributed by atoms with Crippen LogP contribution in [-0.4, -0.2) is 23.1 Å². The zero-order chi connectivity index (χ0) is 13.0. The SMILES string of the molecule is CNC(=O)CCc1nc(-c2ccccc2C)no1. The van der Waals surface area contributed by atoms with Crippen LogP contribution in [0, 0.1) is 6.92 Å². The van der Waals surface area contributed by atoms with Crippen LogP contribution in [0.5, 0.6) is 0 Å². The van der Waals surface area contributed by atoms with E-state index in [1.807, 2.05) is 31.2 Å². The summed E-state index contributed by atoms with van der Waals surface area (Å²) >= 11 is 0. The molecule has 0 saturated heterocycles. The third-order valence-corrected chi connectivity index (χ3v) is 2.70. The van der Waals surface area contributed by atoms with Gasteiger partial charge >= 0.3 is 0 Å². The van der Waals surface area contributed by atoms with Gasteiger partial charge in [0.05, 0.1) is 0 Å². The number of carbonyl (C=O) groups is 1. The molecule has 1 N–H and O–H groups in total. The predicted octanol–water partition coefficient (Wildman–Crippen LogP) is 1.72. The summed E-state index contributed by atoms with van der Waals surface area (Å²) in [6.45, 7) is 2.00.